The molecule has 152 valence electrons. The average Bonchev–Trinajstić information content (AvgIpc) is 2.75. The number of hydrogen-bond acceptors (Lipinski definition) is 8. The van der Waals surface area contributed by atoms with Crippen LogP contribution in [-0.2, 0) is 4.74 Å². The zero-order valence-corrected chi connectivity index (χ0v) is 15.2. The smallest absolute Gasteiger partial charge is 0.229 e. The van der Waals surface area contributed by atoms with Gasteiger partial charge in [0.25, 0.3) is 0 Å². The second-order valence-electron chi connectivity index (χ2n) is 6.81. The van der Waals surface area contributed by atoms with Crippen molar-refractivity contribution in [3.63, 3.8) is 0 Å². The van der Waals surface area contributed by atoms with Crippen molar-refractivity contribution in [3.05, 3.63) is 64.8 Å². The molecule has 0 spiro atoms. The van der Waals surface area contributed by atoms with Crippen LogP contribution in [0, 0.1) is 0 Å². The van der Waals surface area contributed by atoms with E-state index in [1.807, 2.05) is 30.3 Å². The van der Waals surface area contributed by atoms with Crippen LogP contribution < -0.4 is 10.2 Å². The first-order chi connectivity index (χ1) is 14.0. The number of fused-ring (bicyclic) bond motifs is 1. The van der Waals surface area contributed by atoms with Gasteiger partial charge in [-0.2, -0.15) is 0 Å². The van der Waals surface area contributed by atoms with Gasteiger partial charge in [0.2, 0.25) is 6.29 Å². The van der Waals surface area contributed by atoms with Crippen molar-refractivity contribution >= 4 is 11.0 Å². The van der Waals surface area contributed by atoms with Crippen LogP contribution in [0.5, 0.6) is 5.75 Å². The van der Waals surface area contributed by atoms with Gasteiger partial charge in [0.1, 0.15) is 41.5 Å². The molecular formula is C21H20O8. The molecule has 1 aliphatic rings. The van der Waals surface area contributed by atoms with Crippen molar-refractivity contribution in [3.8, 4) is 17.1 Å². The lowest BCUT2D eigenvalue weighted by atomic mass is 9.99. The first-order valence-corrected chi connectivity index (χ1v) is 9.08. The minimum Gasteiger partial charge on any atom is -0.462 e. The summed E-state index contributed by atoms with van der Waals surface area (Å²) in [6.45, 7) is -0.561. The Labute approximate surface area is 165 Å². The fourth-order valence-corrected chi connectivity index (χ4v) is 3.25. The van der Waals surface area contributed by atoms with Crippen LogP contribution in [0.1, 0.15) is 0 Å². The third kappa shape index (κ3) is 3.76. The SMILES string of the molecule is O=c1cc(-c2ccccc2)oc2ccc(O[C@@H]3O[C@@H](CO)[C@@H](O)[C@@H](O)[C@H]3O)cc12. The maximum Gasteiger partial charge on any atom is 0.229 e. The summed E-state index contributed by atoms with van der Waals surface area (Å²) in [6, 6.07) is 15.1. The molecule has 0 unspecified atom stereocenters. The third-order valence-corrected chi connectivity index (χ3v) is 4.86. The van der Waals surface area contributed by atoms with E-state index in [1.54, 1.807) is 6.07 Å². The normalized spacial score (nSPS) is 27.1. The zero-order valence-electron chi connectivity index (χ0n) is 15.2. The summed E-state index contributed by atoms with van der Waals surface area (Å²) < 4.78 is 16.7. The van der Waals surface area contributed by atoms with E-state index in [9.17, 15) is 25.2 Å². The monoisotopic (exact) mass is 400 g/mol. The average molecular weight is 400 g/mol. The summed E-state index contributed by atoms with van der Waals surface area (Å²) in [6.07, 6.45) is -6.99. The summed E-state index contributed by atoms with van der Waals surface area (Å²) in [7, 11) is 0. The lowest BCUT2D eigenvalue weighted by Crippen LogP contribution is -2.60. The molecule has 0 bridgehead atoms. The molecule has 4 N–H and O–H groups in total. The first kappa shape index (κ1) is 19.6. The van der Waals surface area contributed by atoms with Crippen molar-refractivity contribution in [1.82, 2.24) is 0 Å². The van der Waals surface area contributed by atoms with Crippen LogP contribution in [0.4, 0.5) is 0 Å². The van der Waals surface area contributed by atoms with Gasteiger partial charge >= 0.3 is 0 Å². The molecule has 29 heavy (non-hydrogen) atoms. The summed E-state index contributed by atoms with van der Waals surface area (Å²) in [4.78, 5) is 12.6. The van der Waals surface area contributed by atoms with E-state index in [0.29, 0.717) is 11.3 Å². The summed E-state index contributed by atoms with van der Waals surface area (Å²) >= 11 is 0. The zero-order chi connectivity index (χ0) is 20.5. The highest BCUT2D eigenvalue weighted by atomic mass is 16.7. The molecule has 1 aromatic heterocycles. The lowest BCUT2D eigenvalue weighted by molar-refractivity contribution is -0.277. The van der Waals surface area contributed by atoms with Crippen molar-refractivity contribution in [2.75, 3.05) is 6.61 Å². The topological polar surface area (TPSA) is 130 Å². The van der Waals surface area contributed by atoms with Crippen LogP contribution in [0.3, 0.4) is 0 Å². The molecular weight excluding hydrogens is 380 g/mol. The number of aliphatic hydroxyl groups excluding tert-OH is 4. The third-order valence-electron chi connectivity index (χ3n) is 4.86. The highest BCUT2D eigenvalue weighted by Gasteiger charge is 2.44. The van der Waals surface area contributed by atoms with Crippen LogP contribution in [0.25, 0.3) is 22.3 Å². The van der Waals surface area contributed by atoms with E-state index < -0.39 is 37.3 Å². The van der Waals surface area contributed by atoms with Gasteiger partial charge < -0.3 is 34.3 Å². The molecule has 3 aromatic rings. The Hall–Kier alpha value is -2.75. The molecule has 0 saturated carbocycles. The van der Waals surface area contributed by atoms with E-state index in [-0.39, 0.29) is 16.6 Å². The molecule has 0 amide bonds. The van der Waals surface area contributed by atoms with Gasteiger partial charge in [-0.15, -0.1) is 0 Å². The molecule has 0 radical (unpaired) electrons. The van der Waals surface area contributed by atoms with Crippen molar-refractivity contribution in [1.29, 1.82) is 0 Å². The maximum atomic E-state index is 12.6. The van der Waals surface area contributed by atoms with E-state index in [2.05, 4.69) is 0 Å². The molecule has 1 saturated heterocycles. The van der Waals surface area contributed by atoms with Gasteiger partial charge in [0.05, 0.1) is 12.0 Å². The summed E-state index contributed by atoms with van der Waals surface area (Å²) in [5, 5.41) is 39.3. The van der Waals surface area contributed by atoms with Gasteiger partial charge in [0, 0.05) is 11.6 Å². The Morgan fingerprint density at radius 3 is 2.41 bits per heavy atom. The van der Waals surface area contributed by atoms with E-state index >= 15 is 0 Å². The number of hydrogen-bond donors (Lipinski definition) is 4. The molecule has 8 heteroatoms. The van der Waals surface area contributed by atoms with E-state index in [1.165, 1.54) is 18.2 Å². The quantitative estimate of drug-likeness (QED) is 0.502. The minimum atomic E-state index is -1.55. The van der Waals surface area contributed by atoms with E-state index in [4.69, 9.17) is 13.9 Å². The Bertz CT molecular complexity index is 1050. The number of aliphatic hydroxyl groups is 4. The number of benzene rings is 2. The second-order valence-corrected chi connectivity index (χ2v) is 6.81. The predicted molar refractivity (Wildman–Crippen MR) is 102 cm³/mol. The lowest BCUT2D eigenvalue weighted by Gasteiger charge is -2.39. The van der Waals surface area contributed by atoms with Crippen molar-refractivity contribution in [2.24, 2.45) is 0 Å². The van der Waals surface area contributed by atoms with Gasteiger partial charge in [-0.3, -0.25) is 4.79 Å². The maximum absolute atomic E-state index is 12.6. The first-order valence-electron chi connectivity index (χ1n) is 9.08. The number of rotatable bonds is 4. The largest absolute Gasteiger partial charge is 0.462 e. The Morgan fingerprint density at radius 1 is 0.931 bits per heavy atom. The van der Waals surface area contributed by atoms with Gasteiger partial charge in [-0.05, 0) is 18.2 Å². The van der Waals surface area contributed by atoms with Gasteiger partial charge in [0.15, 0.2) is 5.43 Å². The summed E-state index contributed by atoms with van der Waals surface area (Å²) in [5.41, 5.74) is 0.856. The van der Waals surface area contributed by atoms with Gasteiger partial charge in [-0.1, -0.05) is 30.3 Å². The van der Waals surface area contributed by atoms with Crippen LogP contribution in [-0.4, -0.2) is 57.7 Å². The Kier molecular flexibility index (Phi) is 5.35. The Morgan fingerprint density at radius 2 is 1.69 bits per heavy atom. The fourth-order valence-electron chi connectivity index (χ4n) is 3.25. The molecule has 4 rings (SSSR count). The molecule has 1 aliphatic heterocycles. The molecule has 5 atom stereocenters. The predicted octanol–water partition coefficient (Wildman–Crippen LogP) is 0.639. The Balaban J connectivity index is 1.63. The second kappa shape index (κ2) is 7.94. The van der Waals surface area contributed by atoms with Crippen LogP contribution in [0.15, 0.2) is 63.8 Å². The molecule has 1 fully saturated rings. The van der Waals surface area contributed by atoms with Crippen molar-refractivity contribution < 1.29 is 34.3 Å². The van der Waals surface area contributed by atoms with Crippen LogP contribution in [0.2, 0.25) is 0 Å². The highest BCUT2D eigenvalue weighted by Crippen LogP contribution is 2.27. The van der Waals surface area contributed by atoms with Crippen LogP contribution >= 0.6 is 0 Å². The molecule has 8 nitrogen and oxygen atoms in total. The molecule has 2 aromatic carbocycles. The summed E-state index contributed by atoms with van der Waals surface area (Å²) in [5.74, 6) is 0.632. The van der Waals surface area contributed by atoms with E-state index in [0.717, 1.165) is 5.56 Å². The molecule has 0 aliphatic carbocycles. The minimum absolute atomic E-state index is 0.196. The highest BCUT2D eigenvalue weighted by molar-refractivity contribution is 5.80. The fraction of sp³-hybridized carbons (Fsp3) is 0.286. The number of ether oxygens (including phenoxy) is 2. The standard InChI is InChI=1S/C21H20O8/c22-10-17-18(24)19(25)20(26)21(29-17)27-12-6-7-15-13(8-12)14(23)9-16(28-15)11-4-2-1-3-5-11/h1-9,17-22,24-26H,10H2/t17-,18+,19+,20+,21+/m0/s1. The molecule has 2 heterocycles. The van der Waals surface area contributed by atoms with Gasteiger partial charge in [-0.25, -0.2) is 0 Å². The van der Waals surface area contributed by atoms with Crippen molar-refractivity contribution in [2.45, 2.75) is 30.7 Å².